The molecule has 2 saturated heterocycles. The van der Waals surface area contributed by atoms with Gasteiger partial charge in [0.05, 0.1) is 25.9 Å². The van der Waals surface area contributed by atoms with Crippen LogP contribution in [0, 0.1) is 0 Å². The Hall–Kier alpha value is -0.600. The van der Waals surface area contributed by atoms with E-state index in [0.717, 1.165) is 0 Å². The zero-order chi connectivity index (χ0) is 30.7. The zero-order valence-corrected chi connectivity index (χ0v) is 25.4. The molecule has 15 heteroatoms. The summed E-state index contributed by atoms with van der Waals surface area (Å²) in [6, 6.07) is 0. The smallest absolute Gasteiger partial charge is 0.187 e. The fourth-order valence-electron chi connectivity index (χ4n) is 5.51. The van der Waals surface area contributed by atoms with E-state index in [2.05, 4.69) is 0 Å². The molecule has 2 rings (SSSR count). The minimum atomic E-state index is -1.32. The molecule has 0 saturated carbocycles. The SMILES string of the molecule is COC[C@@H](O)[C@@H](OC)[C@H](OC)[C@H](CO)O[C@@H]1O[C@H](CO[C@@H]2O[C@@H](C)[C@H](OC)[C@@H](OC)[C@H]2OC)[C@@H](OC)[C@H](OC)[C@H]1O. The average molecular weight is 603 g/mol. The van der Waals surface area contributed by atoms with Crippen molar-refractivity contribution in [3.8, 4) is 0 Å². The second-order valence-corrected chi connectivity index (χ2v) is 9.86. The number of hydrogen-bond donors (Lipinski definition) is 3. The molecule has 41 heavy (non-hydrogen) atoms. The number of ether oxygens (including phenoxy) is 12. The lowest BCUT2D eigenvalue weighted by molar-refractivity contribution is -0.346. The van der Waals surface area contributed by atoms with Gasteiger partial charge in [-0.1, -0.05) is 0 Å². The van der Waals surface area contributed by atoms with Crippen LogP contribution >= 0.6 is 0 Å². The zero-order valence-electron chi connectivity index (χ0n) is 25.4. The summed E-state index contributed by atoms with van der Waals surface area (Å²) in [5.41, 5.74) is 0. The number of rotatable bonds is 18. The van der Waals surface area contributed by atoms with Crippen LogP contribution in [-0.4, -0.2) is 178 Å². The first kappa shape index (κ1) is 36.6. The molecule has 0 aromatic rings. The Morgan fingerprint density at radius 1 is 0.707 bits per heavy atom. The van der Waals surface area contributed by atoms with Crippen molar-refractivity contribution < 1.29 is 72.2 Å². The lowest BCUT2D eigenvalue weighted by Gasteiger charge is -2.46. The average Bonchev–Trinajstić information content (AvgIpc) is 2.97. The van der Waals surface area contributed by atoms with Crippen LogP contribution in [0.15, 0.2) is 0 Å². The van der Waals surface area contributed by atoms with E-state index < -0.39 is 80.2 Å². The number of aliphatic hydroxyl groups is 3. The van der Waals surface area contributed by atoms with Gasteiger partial charge in [-0.25, -0.2) is 0 Å². The third kappa shape index (κ3) is 8.74. The van der Waals surface area contributed by atoms with Crippen LogP contribution < -0.4 is 0 Å². The topological polar surface area (TPSA) is 171 Å². The van der Waals surface area contributed by atoms with Gasteiger partial charge in [-0.05, 0) is 6.92 Å². The Bertz CT molecular complexity index is 704. The summed E-state index contributed by atoms with van der Waals surface area (Å²) >= 11 is 0. The van der Waals surface area contributed by atoms with E-state index in [-0.39, 0.29) is 25.4 Å². The van der Waals surface area contributed by atoms with Crippen LogP contribution in [-0.2, 0) is 56.8 Å². The highest BCUT2D eigenvalue weighted by atomic mass is 16.7. The fraction of sp³-hybridized carbons (Fsp3) is 1.00. The minimum absolute atomic E-state index is 0.0425. The van der Waals surface area contributed by atoms with Gasteiger partial charge in [0, 0.05) is 56.9 Å². The highest BCUT2D eigenvalue weighted by molar-refractivity contribution is 4.94. The molecule has 3 N–H and O–H groups in total. The van der Waals surface area contributed by atoms with E-state index in [0.29, 0.717) is 0 Å². The van der Waals surface area contributed by atoms with Crippen molar-refractivity contribution in [2.75, 3.05) is 76.7 Å². The first-order valence-corrected chi connectivity index (χ1v) is 13.4. The molecule has 0 spiro atoms. The quantitative estimate of drug-likeness (QED) is 0.162. The third-order valence-corrected chi connectivity index (χ3v) is 7.57. The molecule has 0 radical (unpaired) electrons. The Labute approximate surface area is 242 Å². The maximum Gasteiger partial charge on any atom is 0.187 e. The Morgan fingerprint density at radius 2 is 1.29 bits per heavy atom. The molecular weight excluding hydrogens is 552 g/mol. The molecule has 244 valence electrons. The van der Waals surface area contributed by atoms with Crippen LogP contribution in [0.2, 0.25) is 0 Å². The van der Waals surface area contributed by atoms with Crippen molar-refractivity contribution in [2.24, 2.45) is 0 Å². The lowest BCUT2D eigenvalue weighted by Crippen LogP contribution is -2.63. The summed E-state index contributed by atoms with van der Waals surface area (Å²) in [6.45, 7) is 1.19. The molecule has 0 amide bonds. The second kappa shape index (κ2) is 18.3. The summed E-state index contributed by atoms with van der Waals surface area (Å²) in [7, 11) is 11.7. The normalized spacial score (nSPS) is 37.5. The molecule has 2 fully saturated rings. The molecule has 2 aliphatic rings. The number of methoxy groups -OCH3 is 8. The van der Waals surface area contributed by atoms with E-state index in [9.17, 15) is 15.3 Å². The van der Waals surface area contributed by atoms with E-state index in [1.54, 1.807) is 14.2 Å². The predicted molar refractivity (Wildman–Crippen MR) is 140 cm³/mol. The van der Waals surface area contributed by atoms with Gasteiger partial charge >= 0.3 is 0 Å². The van der Waals surface area contributed by atoms with Crippen molar-refractivity contribution in [3.05, 3.63) is 0 Å². The Balaban J connectivity index is 2.23. The lowest BCUT2D eigenvalue weighted by atomic mass is 9.97. The van der Waals surface area contributed by atoms with E-state index >= 15 is 0 Å². The number of hydrogen-bond acceptors (Lipinski definition) is 15. The van der Waals surface area contributed by atoms with Crippen molar-refractivity contribution in [1.29, 1.82) is 0 Å². The van der Waals surface area contributed by atoms with Gasteiger partial charge in [-0.2, -0.15) is 0 Å². The molecule has 2 aliphatic heterocycles. The number of aliphatic hydroxyl groups excluding tert-OH is 3. The largest absolute Gasteiger partial charge is 0.394 e. The van der Waals surface area contributed by atoms with Gasteiger partial charge in [0.2, 0.25) is 0 Å². The van der Waals surface area contributed by atoms with Crippen LogP contribution in [0.4, 0.5) is 0 Å². The van der Waals surface area contributed by atoms with Crippen molar-refractivity contribution >= 4 is 0 Å². The highest BCUT2D eigenvalue weighted by Gasteiger charge is 2.50. The van der Waals surface area contributed by atoms with Gasteiger partial charge < -0.3 is 72.2 Å². The molecule has 0 bridgehead atoms. The summed E-state index contributed by atoms with van der Waals surface area (Å²) in [5, 5.41) is 31.8. The Morgan fingerprint density at radius 3 is 1.78 bits per heavy atom. The van der Waals surface area contributed by atoms with Gasteiger partial charge in [0.1, 0.15) is 67.1 Å². The molecule has 14 atom stereocenters. The summed E-state index contributed by atoms with van der Waals surface area (Å²) in [6.07, 6.45) is -11.8. The van der Waals surface area contributed by atoms with Gasteiger partial charge in [0.25, 0.3) is 0 Å². The maximum atomic E-state index is 11.1. The van der Waals surface area contributed by atoms with Crippen LogP contribution in [0.25, 0.3) is 0 Å². The monoisotopic (exact) mass is 602 g/mol. The molecule has 0 aromatic carbocycles. The first-order chi connectivity index (χ1) is 19.7. The third-order valence-electron chi connectivity index (χ3n) is 7.57. The standard InChI is InChI=1S/C26H50O15/c1-13-18(31-3)23(36-8)24(37-9)26(39-13)38-12-16-21(34-6)22(35-7)17(29)25(41-16)40-15(10-27)20(33-5)19(32-4)14(28)11-30-2/h13-29H,10-12H2,1-9H3/t13-,14+,15-,16+,17+,18-,19+,20+,21+,22+,23+,24+,25+,26+/m0/s1. The molecule has 0 unspecified atom stereocenters. The van der Waals surface area contributed by atoms with Crippen LogP contribution in [0.1, 0.15) is 6.92 Å². The molecule has 0 aliphatic carbocycles. The highest BCUT2D eigenvalue weighted by Crippen LogP contribution is 2.31. The molecule has 2 heterocycles. The van der Waals surface area contributed by atoms with Gasteiger partial charge in [-0.3, -0.25) is 0 Å². The maximum absolute atomic E-state index is 11.1. The summed E-state index contributed by atoms with van der Waals surface area (Å²) in [5.74, 6) is 0. The summed E-state index contributed by atoms with van der Waals surface area (Å²) in [4.78, 5) is 0. The molecular formula is C26H50O15. The van der Waals surface area contributed by atoms with Crippen molar-refractivity contribution in [2.45, 2.75) is 92.8 Å². The first-order valence-electron chi connectivity index (χ1n) is 13.4. The molecule has 0 aromatic heterocycles. The molecule has 15 nitrogen and oxygen atoms in total. The fourth-order valence-corrected chi connectivity index (χ4v) is 5.51. The van der Waals surface area contributed by atoms with Gasteiger partial charge in [0.15, 0.2) is 12.6 Å². The Kier molecular flexibility index (Phi) is 16.3. The van der Waals surface area contributed by atoms with E-state index in [4.69, 9.17) is 56.8 Å². The minimum Gasteiger partial charge on any atom is -0.394 e. The predicted octanol–water partition coefficient (Wildman–Crippen LogP) is -1.68. The second-order valence-electron chi connectivity index (χ2n) is 9.86. The van der Waals surface area contributed by atoms with E-state index in [1.165, 1.54) is 42.7 Å². The van der Waals surface area contributed by atoms with Crippen molar-refractivity contribution in [3.63, 3.8) is 0 Å². The van der Waals surface area contributed by atoms with Crippen LogP contribution in [0.5, 0.6) is 0 Å². The van der Waals surface area contributed by atoms with E-state index in [1.807, 2.05) is 6.92 Å². The van der Waals surface area contributed by atoms with Crippen molar-refractivity contribution in [1.82, 2.24) is 0 Å². The van der Waals surface area contributed by atoms with Gasteiger partial charge in [-0.15, -0.1) is 0 Å². The summed E-state index contributed by atoms with van der Waals surface area (Å²) < 4.78 is 68.3. The van der Waals surface area contributed by atoms with Crippen LogP contribution in [0.3, 0.4) is 0 Å².